The van der Waals surface area contributed by atoms with Gasteiger partial charge in [0.05, 0.1) is 18.8 Å². The second-order valence-electron chi connectivity index (χ2n) is 5.04. The van der Waals surface area contributed by atoms with Crippen molar-refractivity contribution in [3.8, 4) is 0 Å². The molecule has 0 saturated carbocycles. The molecule has 8 heteroatoms. The highest BCUT2D eigenvalue weighted by molar-refractivity contribution is 5.91. The topological polar surface area (TPSA) is 52.0 Å². The molecule has 1 rings (SSSR count). The Bertz CT molecular complexity index is 487. The van der Waals surface area contributed by atoms with E-state index < -0.39 is 11.7 Å². The maximum Gasteiger partial charge on any atom is 0.416 e. The van der Waals surface area contributed by atoms with Crippen LogP contribution in [0.2, 0.25) is 0 Å². The van der Waals surface area contributed by atoms with E-state index in [4.69, 9.17) is 9.47 Å². The highest BCUT2D eigenvalue weighted by Gasteiger charge is 2.30. The lowest BCUT2D eigenvalue weighted by Gasteiger charge is -2.18. The highest BCUT2D eigenvalue weighted by atomic mass is 19.4. The molecule has 0 aliphatic carbocycles. The zero-order chi connectivity index (χ0) is 17.3. The summed E-state index contributed by atoms with van der Waals surface area (Å²) in [6.07, 6.45) is -4.44. The second-order valence-corrected chi connectivity index (χ2v) is 5.04. The number of methoxy groups -OCH3 is 2. The molecule has 0 aliphatic heterocycles. The molecule has 5 nitrogen and oxygen atoms in total. The predicted octanol–water partition coefficient (Wildman–Crippen LogP) is 0.822. The molecule has 2 N–H and O–H groups in total. The summed E-state index contributed by atoms with van der Waals surface area (Å²) in [5.74, 6) is -0.355. The van der Waals surface area contributed by atoms with Crippen LogP contribution in [0.15, 0.2) is 24.3 Å². The van der Waals surface area contributed by atoms with Crippen molar-refractivity contribution < 1.29 is 32.3 Å². The van der Waals surface area contributed by atoms with Gasteiger partial charge in [-0.3, -0.25) is 4.79 Å². The van der Waals surface area contributed by atoms with E-state index in [1.807, 2.05) is 0 Å². The summed E-state index contributed by atoms with van der Waals surface area (Å²) in [6, 6.07) is 4.57. The molecule has 0 bridgehead atoms. The minimum absolute atomic E-state index is 0.127. The molecular weight excluding hydrogens is 313 g/mol. The number of hydrogen-bond acceptors (Lipinski definition) is 3. The summed E-state index contributed by atoms with van der Waals surface area (Å²) >= 11 is 0. The van der Waals surface area contributed by atoms with E-state index in [1.165, 1.54) is 12.1 Å². The second kappa shape index (κ2) is 9.49. The molecule has 0 unspecified atom stereocenters. The summed E-state index contributed by atoms with van der Waals surface area (Å²) < 4.78 is 47.9. The first-order valence-electron chi connectivity index (χ1n) is 7.15. The normalized spacial score (nSPS) is 11.7. The maximum absolute atomic E-state index is 12.6. The fourth-order valence-corrected chi connectivity index (χ4v) is 2.00. The number of halogens is 3. The molecule has 0 saturated heterocycles. The number of ether oxygens (including phenoxy) is 2. The van der Waals surface area contributed by atoms with Gasteiger partial charge in [-0.1, -0.05) is 6.07 Å². The third-order valence-corrected chi connectivity index (χ3v) is 3.20. The lowest BCUT2D eigenvalue weighted by Crippen LogP contribution is -3.14. The zero-order valence-corrected chi connectivity index (χ0v) is 13.2. The fourth-order valence-electron chi connectivity index (χ4n) is 2.00. The van der Waals surface area contributed by atoms with Crippen LogP contribution in [0.5, 0.6) is 0 Å². The number of benzene rings is 1. The van der Waals surface area contributed by atoms with Crippen molar-refractivity contribution in [2.45, 2.75) is 6.18 Å². The van der Waals surface area contributed by atoms with E-state index in [0.717, 1.165) is 17.0 Å². The SMILES string of the molecule is COCC[NH+](CCOC)CC(=O)Nc1cccc(C(F)(F)F)c1. The van der Waals surface area contributed by atoms with Crippen molar-refractivity contribution in [1.29, 1.82) is 0 Å². The molecule has 0 aliphatic rings. The Morgan fingerprint density at radius 2 is 1.78 bits per heavy atom. The number of rotatable bonds is 9. The van der Waals surface area contributed by atoms with Crippen LogP contribution in [0.25, 0.3) is 0 Å². The van der Waals surface area contributed by atoms with Crippen LogP contribution in [-0.4, -0.2) is 53.0 Å². The van der Waals surface area contributed by atoms with Gasteiger partial charge in [0, 0.05) is 19.9 Å². The van der Waals surface area contributed by atoms with Gasteiger partial charge < -0.3 is 19.7 Å². The van der Waals surface area contributed by atoms with Gasteiger partial charge in [-0.2, -0.15) is 13.2 Å². The van der Waals surface area contributed by atoms with Gasteiger partial charge in [0.25, 0.3) is 5.91 Å². The molecule has 0 spiro atoms. The van der Waals surface area contributed by atoms with E-state index in [9.17, 15) is 18.0 Å². The standard InChI is InChI=1S/C15H21F3N2O3/c1-22-8-6-20(7-9-23-2)11-14(21)19-13-5-3-4-12(10-13)15(16,17)18/h3-5,10H,6-9,11H2,1-2H3,(H,19,21)/p+1. The van der Waals surface area contributed by atoms with Crippen LogP contribution < -0.4 is 10.2 Å². The molecule has 1 amide bonds. The smallest absolute Gasteiger partial charge is 0.379 e. The van der Waals surface area contributed by atoms with Gasteiger partial charge in [0.1, 0.15) is 13.1 Å². The van der Waals surface area contributed by atoms with Crippen molar-refractivity contribution in [2.75, 3.05) is 52.4 Å². The molecule has 0 atom stereocenters. The number of quaternary nitrogens is 1. The Labute approximate surface area is 133 Å². The van der Waals surface area contributed by atoms with Crippen molar-refractivity contribution in [2.24, 2.45) is 0 Å². The number of anilines is 1. The molecule has 0 aromatic heterocycles. The Balaban J connectivity index is 2.63. The van der Waals surface area contributed by atoms with Crippen molar-refractivity contribution >= 4 is 11.6 Å². The van der Waals surface area contributed by atoms with E-state index in [-0.39, 0.29) is 18.1 Å². The number of alkyl halides is 3. The Kier molecular flexibility index (Phi) is 8.01. The maximum atomic E-state index is 12.6. The van der Waals surface area contributed by atoms with Gasteiger partial charge in [-0.25, -0.2) is 0 Å². The van der Waals surface area contributed by atoms with Gasteiger partial charge in [0.15, 0.2) is 6.54 Å². The Morgan fingerprint density at radius 1 is 1.17 bits per heavy atom. The lowest BCUT2D eigenvalue weighted by molar-refractivity contribution is -0.892. The highest BCUT2D eigenvalue weighted by Crippen LogP contribution is 2.30. The molecule has 23 heavy (non-hydrogen) atoms. The average Bonchev–Trinajstić information content (AvgIpc) is 2.49. The number of carbonyl (C=O) groups is 1. The van der Waals surface area contributed by atoms with Gasteiger partial charge in [-0.05, 0) is 18.2 Å². The van der Waals surface area contributed by atoms with Crippen LogP contribution in [0.1, 0.15) is 5.56 Å². The summed E-state index contributed by atoms with van der Waals surface area (Å²) in [6.45, 7) is 2.31. The Morgan fingerprint density at radius 3 is 2.30 bits per heavy atom. The van der Waals surface area contributed by atoms with Gasteiger partial charge in [0.2, 0.25) is 0 Å². The van der Waals surface area contributed by atoms with Crippen LogP contribution in [-0.2, 0) is 20.4 Å². The van der Waals surface area contributed by atoms with Crippen LogP contribution in [0, 0.1) is 0 Å². The van der Waals surface area contributed by atoms with Crippen LogP contribution >= 0.6 is 0 Å². The van der Waals surface area contributed by atoms with E-state index in [1.54, 1.807) is 14.2 Å². The summed E-state index contributed by atoms with van der Waals surface area (Å²) in [7, 11) is 3.13. The predicted molar refractivity (Wildman–Crippen MR) is 79.4 cm³/mol. The van der Waals surface area contributed by atoms with E-state index in [0.29, 0.717) is 26.3 Å². The molecule has 130 valence electrons. The number of nitrogens with one attached hydrogen (secondary N) is 2. The summed E-state index contributed by atoms with van der Waals surface area (Å²) in [5, 5.41) is 2.50. The van der Waals surface area contributed by atoms with Crippen molar-refractivity contribution in [1.82, 2.24) is 0 Å². The first-order valence-corrected chi connectivity index (χ1v) is 7.15. The molecule has 1 aromatic rings. The minimum atomic E-state index is -4.44. The van der Waals surface area contributed by atoms with Crippen LogP contribution in [0.4, 0.5) is 18.9 Å². The average molecular weight is 335 g/mol. The Hall–Kier alpha value is -1.64. The lowest BCUT2D eigenvalue weighted by atomic mass is 10.2. The third kappa shape index (κ3) is 7.45. The van der Waals surface area contributed by atoms with Gasteiger partial charge >= 0.3 is 6.18 Å². The van der Waals surface area contributed by atoms with E-state index in [2.05, 4.69) is 5.32 Å². The number of carbonyl (C=O) groups excluding carboxylic acids is 1. The third-order valence-electron chi connectivity index (χ3n) is 3.20. The van der Waals surface area contributed by atoms with Crippen LogP contribution in [0.3, 0.4) is 0 Å². The zero-order valence-electron chi connectivity index (χ0n) is 13.2. The molecule has 0 radical (unpaired) electrons. The first-order chi connectivity index (χ1) is 10.9. The number of hydrogen-bond donors (Lipinski definition) is 2. The summed E-state index contributed by atoms with van der Waals surface area (Å²) in [4.78, 5) is 12.9. The molecule has 0 heterocycles. The van der Waals surface area contributed by atoms with E-state index >= 15 is 0 Å². The molecular formula is C15H22F3N2O3+. The monoisotopic (exact) mass is 335 g/mol. The first kappa shape index (κ1) is 19.4. The summed E-state index contributed by atoms with van der Waals surface area (Å²) in [5.41, 5.74) is -0.666. The largest absolute Gasteiger partial charge is 0.416 e. The van der Waals surface area contributed by atoms with Crippen molar-refractivity contribution in [3.05, 3.63) is 29.8 Å². The molecule has 1 aromatic carbocycles. The van der Waals surface area contributed by atoms with Crippen molar-refractivity contribution in [3.63, 3.8) is 0 Å². The number of amides is 1. The minimum Gasteiger partial charge on any atom is -0.379 e. The fraction of sp³-hybridized carbons (Fsp3) is 0.533. The quantitative estimate of drug-likeness (QED) is 0.703. The molecule has 0 fully saturated rings. The van der Waals surface area contributed by atoms with Gasteiger partial charge in [-0.15, -0.1) is 0 Å².